The summed E-state index contributed by atoms with van der Waals surface area (Å²) < 4.78 is 10.4. The van der Waals surface area contributed by atoms with Crippen molar-refractivity contribution in [2.75, 3.05) is 44.7 Å². The Morgan fingerprint density at radius 3 is 2.59 bits per heavy atom. The van der Waals surface area contributed by atoms with Gasteiger partial charge in [0.1, 0.15) is 6.61 Å². The Labute approximate surface area is 189 Å². The van der Waals surface area contributed by atoms with Gasteiger partial charge in [-0.1, -0.05) is 6.07 Å². The lowest BCUT2D eigenvalue weighted by atomic mass is 9.71. The summed E-state index contributed by atoms with van der Waals surface area (Å²) in [6, 6.07) is 5.85. The number of methoxy groups -OCH3 is 1. The molecule has 5 rings (SSSR count). The van der Waals surface area contributed by atoms with Gasteiger partial charge in [0.05, 0.1) is 12.7 Å². The zero-order valence-corrected chi connectivity index (χ0v) is 19.1. The molecule has 1 aromatic carbocycles. The first-order valence-electron chi connectivity index (χ1n) is 11.7. The lowest BCUT2D eigenvalue weighted by molar-refractivity contribution is 0.0535. The number of hydrogen-bond donors (Lipinski definition) is 0. The predicted molar refractivity (Wildman–Crippen MR) is 122 cm³/mol. The molecule has 0 unspecified atom stereocenters. The summed E-state index contributed by atoms with van der Waals surface area (Å²) in [6.45, 7) is 8.00. The average Bonchev–Trinajstić information content (AvgIpc) is 3.22. The van der Waals surface area contributed by atoms with Crippen LogP contribution < -0.4 is 9.64 Å². The molecular weight excluding hydrogens is 404 g/mol. The molecule has 170 valence electrons. The third kappa shape index (κ3) is 4.06. The number of ether oxygens (including phenoxy) is 2. The molecule has 2 saturated heterocycles. The topological polar surface area (TPSA) is 67.8 Å². The predicted octanol–water partition coefficient (Wildman–Crippen LogP) is 3.39. The van der Waals surface area contributed by atoms with E-state index in [1.54, 1.807) is 19.4 Å². The van der Waals surface area contributed by atoms with Gasteiger partial charge in [-0.05, 0) is 74.7 Å². The van der Waals surface area contributed by atoms with Gasteiger partial charge in [0.2, 0.25) is 11.8 Å². The number of nitrogens with zero attached hydrogens (tertiary/aromatic N) is 4. The summed E-state index contributed by atoms with van der Waals surface area (Å²) in [5.41, 5.74) is 4.86. The van der Waals surface area contributed by atoms with Crippen molar-refractivity contribution in [1.82, 2.24) is 14.9 Å². The van der Waals surface area contributed by atoms with Crippen LogP contribution in [0.1, 0.15) is 52.7 Å². The minimum atomic E-state index is -0.181. The van der Waals surface area contributed by atoms with Gasteiger partial charge < -0.3 is 19.3 Å². The second kappa shape index (κ2) is 8.70. The van der Waals surface area contributed by atoms with Crippen molar-refractivity contribution in [3.05, 3.63) is 46.6 Å². The second-order valence-corrected chi connectivity index (χ2v) is 9.43. The summed E-state index contributed by atoms with van der Waals surface area (Å²) >= 11 is 0. The van der Waals surface area contributed by atoms with E-state index in [1.807, 2.05) is 6.07 Å². The van der Waals surface area contributed by atoms with Gasteiger partial charge in [-0.2, -0.15) is 4.98 Å². The number of anilines is 1. The standard InChI is InChI=1S/C25H32N4O3/c1-18-19(3-4-20-21(18)17-32-23(20)30)6-12-28-13-7-25(8-14-28)9-15-29(16-10-25)24-26-11-5-22(27-24)31-2/h3-5,11H,6-10,12-17H2,1-2H3. The van der Waals surface area contributed by atoms with Crippen LogP contribution in [0.2, 0.25) is 0 Å². The highest BCUT2D eigenvalue weighted by Crippen LogP contribution is 2.42. The number of fused-ring (bicyclic) bond motifs is 1. The summed E-state index contributed by atoms with van der Waals surface area (Å²) in [7, 11) is 1.64. The van der Waals surface area contributed by atoms with Crippen molar-refractivity contribution in [2.45, 2.75) is 45.6 Å². The number of hydrogen-bond acceptors (Lipinski definition) is 7. The van der Waals surface area contributed by atoms with Crippen LogP contribution in [0.25, 0.3) is 0 Å². The smallest absolute Gasteiger partial charge is 0.338 e. The normalized spacial score (nSPS) is 20.3. The molecule has 0 atom stereocenters. The summed E-state index contributed by atoms with van der Waals surface area (Å²) in [4.78, 5) is 25.6. The van der Waals surface area contributed by atoms with Gasteiger partial charge in [-0.25, -0.2) is 9.78 Å². The Kier molecular flexibility index (Phi) is 5.76. The molecule has 0 saturated carbocycles. The maximum Gasteiger partial charge on any atom is 0.338 e. The van der Waals surface area contributed by atoms with E-state index in [2.05, 4.69) is 32.8 Å². The number of likely N-dealkylation sites (tertiary alicyclic amines) is 1. The van der Waals surface area contributed by atoms with Gasteiger partial charge in [0.15, 0.2) is 0 Å². The molecule has 0 N–H and O–H groups in total. The number of piperidine rings is 2. The Hall–Kier alpha value is -2.67. The fraction of sp³-hybridized carbons (Fsp3) is 0.560. The van der Waals surface area contributed by atoms with E-state index >= 15 is 0 Å². The highest BCUT2D eigenvalue weighted by atomic mass is 16.5. The molecule has 0 bridgehead atoms. The zero-order chi connectivity index (χ0) is 22.1. The molecule has 7 heteroatoms. The van der Waals surface area contributed by atoms with Crippen LogP contribution in [-0.4, -0.2) is 60.7 Å². The number of aromatic nitrogens is 2. The minimum Gasteiger partial charge on any atom is -0.481 e. The van der Waals surface area contributed by atoms with Crippen molar-refractivity contribution < 1.29 is 14.3 Å². The van der Waals surface area contributed by atoms with Crippen LogP contribution in [0.4, 0.5) is 5.95 Å². The molecule has 4 heterocycles. The van der Waals surface area contributed by atoms with E-state index < -0.39 is 0 Å². The number of esters is 1. The molecule has 32 heavy (non-hydrogen) atoms. The van der Waals surface area contributed by atoms with Crippen LogP contribution in [0, 0.1) is 12.3 Å². The fourth-order valence-electron chi connectivity index (χ4n) is 5.48. The van der Waals surface area contributed by atoms with Crippen molar-refractivity contribution in [3.63, 3.8) is 0 Å². The Bertz CT molecular complexity index is 991. The largest absolute Gasteiger partial charge is 0.481 e. The molecular formula is C25H32N4O3. The fourth-order valence-corrected chi connectivity index (χ4v) is 5.48. The number of carbonyl (C=O) groups is 1. The zero-order valence-electron chi connectivity index (χ0n) is 19.1. The highest BCUT2D eigenvalue weighted by Gasteiger charge is 2.38. The van der Waals surface area contributed by atoms with Crippen LogP contribution in [0.15, 0.2) is 24.4 Å². The lowest BCUT2D eigenvalue weighted by Gasteiger charge is -2.47. The summed E-state index contributed by atoms with van der Waals surface area (Å²) in [5, 5.41) is 0. The number of benzene rings is 1. The van der Waals surface area contributed by atoms with Crippen LogP contribution in [0.3, 0.4) is 0 Å². The lowest BCUT2D eigenvalue weighted by Crippen LogP contribution is -2.47. The first-order valence-corrected chi connectivity index (χ1v) is 11.7. The maximum atomic E-state index is 11.8. The third-order valence-corrected chi connectivity index (χ3v) is 7.83. The third-order valence-electron chi connectivity index (χ3n) is 7.83. The van der Waals surface area contributed by atoms with Crippen molar-refractivity contribution in [2.24, 2.45) is 5.41 Å². The van der Waals surface area contributed by atoms with E-state index in [9.17, 15) is 4.79 Å². The van der Waals surface area contributed by atoms with Gasteiger partial charge in [0, 0.05) is 37.5 Å². The Morgan fingerprint density at radius 1 is 1.09 bits per heavy atom. The molecule has 0 amide bonds. The number of cyclic esters (lactones) is 1. The van der Waals surface area contributed by atoms with Gasteiger partial charge in [-0.15, -0.1) is 0 Å². The Morgan fingerprint density at radius 2 is 1.84 bits per heavy atom. The molecule has 0 aliphatic carbocycles. The molecule has 3 aliphatic rings. The molecule has 1 spiro atoms. The van der Waals surface area contributed by atoms with E-state index in [1.165, 1.54) is 49.9 Å². The van der Waals surface area contributed by atoms with Crippen LogP contribution >= 0.6 is 0 Å². The van der Waals surface area contributed by atoms with Crippen molar-refractivity contribution in [3.8, 4) is 5.88 Å². The first-order chi connectivity index (χ1) is 15.6. The summed E-state index contributed by atoms with van der Waals surface area (Å²) in [6.07, 6.45) is 7.76. The highest BCUT2D eigenvalue weighted by molar-refractivity contribution is 5.93. The second-order valence-electron chi connectivity index (χ2n) is 9.43. The molecule has 2 fully saturated rings. The number of rotatable bonds is 5. The van der Waals surface area contributed by atoms with Crippen LogP contribution in [0.5, 0.6) is 5.88 Å². The van der Waals surface area contributed by atoms with Crippen LogP contribution in [-0.2, 0) is 17.8 Å². The maximum absolute atomic E-state index is 11.8. The molecule has 7 nitrogen and oxygen atoms in total. The summed E-state index contributed by atoms with van der Waals surface area (Å²) in [5.74, 6) is 1.23. The monoisotopic (exact) mass is 436 g/mol. The van der Waals surface area contributed by atoms with Gasteiger partial charge >= 0.3 is 5.97 Å². The Balaban J connectivity index is 1.12. The van der Waals surface area contributed by atoms with Crippen molar-refractivity contribution in [1.29, 1.82) is 0 Å². The van der Waals surface area contributed by atoms with E-state index in [0.717, 1.165) is 43.1 Å². The minimum absolute atomic E-state index is 0.181. The quantitative estimate of drug-likeness (QED) is 0.666. The molecule has 3 aliphatic heterocycles. The average molecular weight is 437 g/mol. The van der Waals surface area contributed by atoms with E-state index in [4.69, 9.17) is 9.47 Å². The molecule has 1 aromatic heterocycles. The van der Waals surface area contributed by atoms with E-state index in [0.29, 0.717) is 17.9 Å². The van der Waals surface area contributed by atoms with E-state index in [-0.39, 0.29) is 5.97 Å². The van der Waals surface area contributed by atoms with Gasteiger partial charge in [0.25, 0.3) is 0 Å². The van der Waals surface area contributed by atoms with Crippen molar-refractivity contribution >= 4 is 11.9 Å². The number of carbonyl (C=O) groups excluding carboxylic acids is 1. The molecule has 2 aromatic rings. The molecule has 0 radical (unpaired) electrons. The first kappa shape index (κ1) is 21.2. The van der Waals surface area contributed by atoms with Gasteiger partial charge in [-0.3, -0.25) is 0 Å². The SMILES string of the molecule is COc1ccnc(N2CCC3(CCN(CCc4ccc5c(c4C)COC5=O)CC3)CC2)n1.